The van der Waals surface area contributed by atoms with Crippen LogP contribution in [0.4, 0.5) is 0 Å². The zero-order valence-corrected chi connectivity index (χ0v) is 16.7. The van der Waals surface area contributed by atoms with Crippen LogP contribution in [0, 0.1) is 6.92 Å². The van der Waals surface area contributed by atoms with Crippen molar-refractivity contribution in [1.82, 2.24) is 14.3 Å². The summed E-state index contributed by atoms with van der Waals surface area (Å²) in [7, 11) is 0. The highest BCUT2D eigenvalue weighted by Crippen LogP contribution is 2.27. The van der Waals surface area contributed by atoms with E-state index in [-0.39, 0.29) is 11.7 Å². The zero-order chi connectivity index (χ0) is 20.0. The van der Waals surface area contributed by atoms with Crippen LogP contribution in [-0.2, 0) is 4.74 Å². The number of rotatable bonds is 3. The third kappa shape index (κ3) is 3.03. The minimum absolute atomic E-state index is 0.0228. The van der Waals surface area contributed by atoms with Gasteiger partial charge >= 0.3 is 0 Å². The van der Waals surface area contributed by atoms with Gasteiger partial charge in [0.2, 0.25) is 5.78 Å². The summed E-state index contributed by atoms with van der Waals surface area (Å²) in [6.07, 6.45) is 1.60. The first-order valence-electron chi connectivity index (χ1n) is 9.51. The Bertz CT molecular complexity index is 1250. The van der Waals surface area contributed by atoms with Crippen LogP contribution in [0.2, 0.25) is 0 Å². The molecule has 0 bridgehead atoms. The molecule has 0 aliphatic carbocycles. The van der Waals surface area contributed by atoms with Gasteiger partial charge in [0.05, 0.1) is 19.4 Å². The number of nitrogens with zero attached hydrogens (tertiary/aromatic N) is 3. The highest BCUT2D eigenvalue weighted by atomic mass is 32.1. The lowest BCUT2D eigenvalue weighted by Gasteiger charge is -2.26. The average molecular weight is 405 g/mol. The Morgan fingerprint density at radius 2 is 1.83 bits per heavy atom. The van der Waals surface area contributed by atoms with E-state index in [0.29, 0.717) is 47.4 Å². The van der Waals surface area contributed by atoms with Gasteiger partial charge in [-0.1, -0.05) is 47.7 Å². The number of carbonyl (C=O) groups is 2. The van der Waals surface area contributed by atoms with Gasteiger partial charge in [0, 0.05) is 24.3 Å². The van der Waals surface area contributed by atoms with Gasteiger partial charge < -0.3 is 9.64 Å². The van der Waals surface area contributed by atoms with E-state index in [2.05, 4.69) is 4.98 Å². The molecule has 1 aliphatic heterocycles. The number of aromatic nitrogens is 2. The maximum absolute atomic E-state index is 13.2. The minimum Gasteiger partial charge on any atom is -0.378 e. The highest BCUT2D eigenvalue weighted by Gasteiger charge is 2.26. The smallest absolute Gasteiger partial charge is 0.266 e. The molecule has 5 rings (SSSR count). The maximum atomic E-state index is 13.2. The molecule has 0 saturated carbocycles. The van der Waals surface area contributed by atoms with E-state index in [1.807, 2.05) is 49.4 Å². The topological polar surface area (TPSA) is 63.9 Å². The van der Waals surface area contributed by atoms with Crippen molar-refractivity contribution >= 4 is 38.8 Å². The second-order valence-corrected chi connectivity index (χ2v) is 8.05. The molecule has 29 heavy (non-hydrogen) atoms. The first kappa shape index (κ1) is 18.0. The van der Waals surface area contributed by atoms with Crippen LogP contribution in [0.25, 0.3) is 15.7 Å². The standard InChI is InChI=1S/C22H19N3O3S/c1-14-20(21(27)24-8-10-28-11-9-24)29-22-23-13-18(25(14)22)19(26)17-7-6-15-4-2-3-5-16(15)12-17/h2-7,12-13H,8-11H2,1H3. The molecule has 1 amide bonds. The quantitative estimate of drug-likeness (QED) is 0.489. The third-order valence-electron chi connectivity index (χ3n) is 5.32. The third-order valence-corrected chi connectivity index (χ3v) is 6.47. The van der Waals surface area contributed by atoms with E-state index < -0.39 is 0 Å². The molecule has 7 heteroatoms. The maximum Gasteiger partial charge on any atom is 0.266 e. The van der Waals surface area contributed by atoms with Gasteiger partial charge in [-0.2, -0.15) is 0 Å². The molecular formula is C22H19N3O3S. The number of hydrogen-bond donors (Lipinski definition) is 0. The summed E-state index contributed by atoms with van der Waals surface area (Å²) in [4.78, 5) is 33.7. The number of amides is 1. The van der Waals surface area contributed by atoms with Crippen molar-refractivity contribution in [1.29, 1.82) is 0 Å². The molecule has 4 aromatic rings. The Kier molecular flexibility index (Phi) is 4.41. The van der Waals surface area contributed by atoms with E-state index >= 15 is 0 Å². The number of imidazole rings is 1. The molecule has 0 N–H and O–H groups in total. The molecule has 146 valence electrons. The first-order chi connectivity index (χ1) is 14.1. The van der Waals surface area contributed by atoms with Crippen LogP contribution in [-0.4, -0.2) is 52.3 Å². The fourth-order valence-electron chi connectivity index (χ4n) is 3.74. The number of thiazole rings is 1. The van der Waals surface area contributed by atoms with Crippen molar-refractivity contribution in [2.45, 2.75) is 6.92 Å². The summed E-state index contributed by atoms with van der Waals surface area (Å²) in [6, 6.07) is 13.6. The van der Waals surface area contributed by atoms with Crippen molar-refractivity contribution in [2.24, 2.45) is 0 Å². The summed E-state index contributed by atoms with van der Waals surface area (Å²) in [5.41, 5.74) is 1.84. The number of aryl methyl sites for hydroxylation is 1. The van der Waals surface area contributed by atoms with Gasteiger partial charge in [0.1, 0.15) is 10.6 Å². The molecule has 0 unspecified atom stereocenters. The largest absolute Gasteiger partial charge is 0.378 e. The monoisotopic (exact) mass is 405 g/mol. The molecule has 1 fully saturated rings. The van der Waals surface area contributed by atoms with Gasteiger partial charge in [-0.3, -0.25) is 14.0 Å². The molecule has 0 spiro atoms. The molecule has 0 radical (unpaired) electrons. The molecule has 1 saturated heterocycles. The highest BCUT2D eigenvalue weighted by molar-refractivity contribution is 7.19. The number of benzene rings is 2. The van der Waals surface area contributed by atoms with E-state index in [9.17, 15) is 9.59 Å². The Labute approximate surface area is 171 Å². The number of ether oxygens (including phenoxy) is 1. The van der Waals surface area contributed by atoms with Crippen LogP contribution in [0.1, 0.15) is 31.4 Å². The summed E-state index contributed by atoms with van der Waals surface area (Å²) >= 11 is 1.33. The van der Waals surface area contributed by atoms with Crippen LogP contribution in [0.5, 0.6) is 0 Å². The van der Waals surface area contributed by atoms with Gasteiger partial charge in [0.25, 0.3) is 5.91 Å². The van der Waals surface area contributed by atoms with Crippen molar-refractivity contribution < 1.29 is 14.3 Å². The molecule has 0 atom stereocenters. The van der Waals surface area contributed by atoms with Gasteiger partial charge in [0.15, 0.2) is 4.96 Å². The van der Waals surface area contributed by atoms with Crippen LogP contribution in [0.3, 0.4) is 0 Å². The zero-order valence-electron chi connectivity index (χ0n) is 15.9. The molecule has 2 aromatic heterocycles. The van der Waals surface area contributed by atoms with Crippen LogP contribution in [0.15, 0.2) is 48.7 Å². The lowest BCUT2D eigenvalue weighted by Crippen LogP contribution is -2.40. The van der Waals surface area contributed by atoms with Crippen LogP contribution < -0.4 is 0 Å². The van der Waals surface area contributed by atoms with E-state index in [0.717, 1.165) is 16.5 Å². The second-order valence-electron chi connectivity index (χ2n) is 7.07. The van der Waals surface area contributed by atoms with E-state index in [1.165, 1.54) is 11.3 Å². The number of morpholine rings is 1. The lowest BCUT2D eigenvalue weighted by atomic mass is 10.0. The van der Waals surface area contributed by atoms with Crippen molar-refractivity contribution in [3.05, 3.63) is 70.5 Å². The van der Waals surface area contributed by atoms with Gasteiger partial charge in [-0.05, 0) is 23.8 Å². The lowest BCUT2D eigenvalue weighted by molar-refractivity contribution is 0.0305. The number of hydrogen-bond acceptors (Lipinski definition) is 5. The molecular weight excluding hydrogens is 386 g/mol. The van der Waals surface area contributed by atoms with Gasteiger partial charge in [-0.15, -0.1) is 0 Å². The average Bonchev–Trinajstić information content (AvgIpc) is 3.33. The van der Waals surface area contributed by atoms with Crippen molar-refractivity contribution in [3.63, 3.8) is 0 Å². The van der Waals surface area contributed by atoms with Crippen molar-refractivity contribution in [3.8, 4) is 0 Å². The predicted molar refractivity (Wildman–Crippen MR) is 112 cm³/mol. The van der Waals surface area contributed by atoms with E-state index in [4.69, 9.17) is 4.74 Å². The second kappa shape index (κ2) is 7.09. The summed E-state index contributed by atoms with van der Waals surface area (Å²) in [6.45, 7) is 4.15. The Balaban J connectivity index is 1.54. The number of fused-ring (bicyclic) bond motifs is 2. The Morgan fingerprint density at radius 3 is 2.62 bits per heavy atom. The Hall–Kier alpha value is -3.03. The van der Waals surface area contributed by atoms with Crippen LogP contribution >= 0.6 is 11.3 Å². The summed E-state index contributed by atoms with van der Waals surface area (Å²) < 4.78 is 7.14. The fourth-order valence-corrected chi connectivity index (χ4v) is 4.81. The summed E-state index contributed by atoms with van der Waals surface area (Å²) in [5, 5.41) is 2.11. The summed E-state index contributed by atoms with van der Waals surface area (Å²) in [5.74, 6) is -0.125. The Morgan fingerprint density at radius 1 is 1.07 bits per heavy atom. The normalized spacial score (nSPS) is 14.6. The SMILES string of the molecule is Cc1c(C(=O)N2CCOCC2)sc2ncc(C(=O)c3ccc4ccccc4c3)n12. The number of ketones is 1. The molecule has 2 aromatic carbocycles. The molecule has 3 heterocycles. The van der Waals surface area contributed by atoms with E-state index in [1.54, 1.807) is 15.5 Å². The fraction of sp³-hybridized carbons (Fsp3) is 0.227. The molecule has 1 aliphatic rings. The van der Waals surface area contributed by atoms with Gasteiger partial charge in [-0.25, -0.2) is 4.98 Å². The predicted octanol–water partition coefficient (Wildman–Crippen LogP) is 3.56. The molecule has 6 nitrogen and oxygen atoms in total. The number of carbonyl (C=O) groups excluding carboxylic acids is 2. The first-order valence-corrected chi connectivity index (χ1v) is 10.3. The van der Waals surface area contributed by atoms with Crippen molar-refractivity contribution in [2.75, 3.05) is 26.3 Å². The minimum atomic E-state index is -0.102.